The number of carbonyl (C=O) groups is 1. The molecule has 2 N–H and O–H groups in total. The molecule has 0 aromatic rings. The third-order valence-electron chi connectivity index (χ3n) is 4.31. The lowest BCUT2D eigenvalue weighted by Gasteiger charge is -2.27. The van der Waals surface area contributed by atoms with Gasteiger partial charge in [0.1, 0.15) is 6.10 Å². The van der Waals surface area contributed by atoms with Gasteiger partial charge in [0.2, 0.25) is 5.91 Å². The molecule has 0 unspecified atom stereocenters. The molecule has 0 aromatic carbocycles. The monoisotopic (exact) mass is 314 g/mol. The summed E-state index contributed by atoms with van der Waals surface area (Å²) in [5.41, 5.74) is -0.887. The van der Waals surface area contributed by atoms with E-state index < -0.39 is 11.7 Å². The summed E-state index contributed by atoms with van der Waals surface area (Å²) in [5.74, 6) is -0.130. The van der Waals surface area contributed by atoms with Crippen molar-refractivity contribution in [2.24, 2.45) is 0 Å². The highest BCUT2D eigenvalue weighted by atomic mass is 16.5. The second-order valence-electron chi connectivity index (χ2n) is 7.16. The van der Waals surface area contributed by atoms with Crippen LogP contribution in [0.25, 0.3) is 0 Å². The van der Waals surface area contributed by atoms with Crippen molar-refractivity contribution < 1.29 is 14.6 Å². The maximum Gasteiger partial charge on any atom is 0.248 e. The number of rotatable bonds is 8. The molecule has 1 amide bonds. The van der Waals surface area contributed by atoms with Crippen LogP contribution in [0.3, 0.4) is 0 Å². The molecule has 5 heteroatoms. The molecule has 130 valence electrons. The molecule has 22 heavy (non-hydrogen) atoms. The second kappa shape index (κ2) is 9.48. The van der Waals surface area contributed by atoms with Crippen LogP contribution in [0, 0.1) is 0 Å². The molecule has 5 nitrogen and oxygen atoms in total. The largest absolute Gasteiger partial charge is 0.388 e. The molecule has 0 aliphatic heterocycles. The molecule has 0 spiro atoms. The summed E-state index contributed by atoms with van der Waals surface area (Å²) in [6.07, 6.45) is 7.42. The minimum atomic E-state index is -0.887. The third-order valence-corrected chi connectivity index (χ3v) is 4.31. The van der Waals surface area contributed by atoms with Crippen LogP contribution < -0.4 is 5.32 Å². The fourth-order valence-electron chi connectivity index (χ4n) is 2.70. The van der Waals surface area contributed by atoms with Gasteiger partial charge in [0.25, 0.3) is 0 Å². The average Bonchev–Trinajstić information content (AvgIpc) is 2.71. The van der Waals surface area contributed by atoms with Crippen molar-refractivity contribution >= 4 is 5.91 Å². The van der Waals surface area contributed by atoms with Crippen molar-refractivity contribution in [3.05, 3.63) is 0 Å². The molecule has 0 saturated heterocycles. The normalized spacial score (nSPS) is 21.2. The molecule has 0 bridgehead atoms. The zero-order valence-corrected chi connectivity index (χ0v) is 14.7. The van der Waals surface area contributed by atoms with Crippen LogP contribution in [-0.4, -0.2) is 60.9 Å². The molecule has 1 rings (SSSR count). The van der Waals surface area contributed by atoms with Crippen molar-refractivity contribution in [1.82, 2.24) is 10.2 Å². The van der Waals surface area contributed by atoms with Crippen molar-refractivity contribution in [2.75, 3.05) is 27.2 Å². The van der Waals surface area contributed by atoms with E-state index in [4.69, 9.17) is 4.74 Å². The van der Waals surface area contributed by atoms with Gasteiger partial charge in [-0.05, 0) is 47.2 Å². The van der Waals surface area contributed by atoms with Crippen LogP contribution >= 0.6 is 0 Å². The van der Waals surface area contributed by atoms with E-state index in [0.717, 1.165) is 19.4 Å². The molecular formula is C17H34N2O3. The minimum Gasteiger partial charge on any atom is -0.388 e. The quantitative estimate of drug-likeness (QED) is 0.672. The molecule has 1 fully saturated rings. The summed E-state index contributed by atoms with van der Waals surface area (Å²) >= 11 is 0. The van der Waals surface area contributed by atoms with Gasteiger partial charge in [-0.3, -0.25) is 4.79 Å². The Morgan fingerprint density at radius 2 is 1.91 bits per heavy atom. The van der Waals surface area contributed by atoms with Crippen molar-refractivity contribution in [3.8, 4) is 0 Å². The van der Waals surface area contributed by atoms with E-state index in [1.807, 2.05) is 19.0 Å². The number of ether oxygens (including phenoxy) is 1. The Labute approximate surface area is 135 Å². The van der Waals surface area contributed by atoms with Gasteiger partial charge in [-0.1, -0.05) is 25.7 Å². The molecule has 1 aliphatic carbocycles. The minimum absolute atomic E-state index is 0.130. The van der Waals surface area contributed by atoms with E-state index >= 15 is 0 Å². The second-order valence-corrected chi connectivity index (χ2v) is 7.16. The first-order chi connectivity index (χ1) is 10.3. The fourth-order valence-corrected chi connectivity index (χ4v) is 2.70. The van der Waals surface area contributed by atoms with Gasteiger partial charge in [-0.25, -0.2) is 0 Å². The average molecular weight is 314 g/mol. The topological polar surface area (TPSA) is 61.8 Å². The highest BCUT2D eigenvalue weighted by Gasteiger charge is 2.24. The SMILES string of the molecule is C[C@H](OC1CCCCCC1)C(=O)NC[C@](C)(O)CCN(C)C. The van der Waals surface area contributed by atoms with Crippen molar-refractivity contribution in [1.29, 1.82) is 0 Å². The number of nitrogens with zero attached hydrogens (tertiary/aromatic N) is 1. The zero-order chi connectivity index (χ0) is 16.6. The molecule has 2 atom stereocenters. The summed E-state index contributed by atoms with van der Waals surface area (Å²) in [7, 11) is 3.94. The van der Waals surface area contributed by atoms with Gasteiger partial charge in [0, 0.05) is 13.1 Å². The molecule has 1 saturated carbocycles. The van der Waals surface area contributed by atoms with E-state index in [9.17, 15) is 9.90 Å². The van der Waals surface area contributed by atoms with Crippen LogP contribution in [0.15, 0.2) is 0 Å². The first-order valence-electron chi connectivity index (χ1n) is 8.60. The van der Waals surface area contributed by atoms with Gasteiger partial charge in [-0.15, -0.1) is 0 Å². The summed E-state index contributed by atoms with van der Waals surface area (Å²) in [5, 5.41) is 13.1. The summed E-state index contributed by atoms with van der Waals surface area (Å²) in [6, 6.07) is 0. The number of aliphatic hydroxyl groups is 1. The summed E-state index contributed by atoms with van der Waals surface area (Å²) in [6.45, 7) is 4.61. The van der Waals surface area contributed by atoms with Crippen LogP contribution in [0.4, 0.5) is 0 Å². The van der Waals surface area contributed by atoms with E-state index in [1.165, 1.54) is 25.7 Å². The first kappa shape index (κ1) is 19.4. The summed E-state index contributed by atoms with van der Waals surface area (Å²) in [4.78, 5) is 14.2. The van der Waals surface area contributed by atoms with Crippen molar-refractivity contribution in [2.45, 2.75) is 76.6 Å². The lowest BCUT2D eigenvalue weighted by atomic mass is 10.0. The Morgan fingerprint density at radius 3 is 2.45 bits per heavy atom. The van der Waals surface area contributed by atoms with Crippen LogP contribution in [0.2, 0.25) is 0 Å². The van der Waals surface area contributed by atoms with Gasteiger partial charge in [0.05, 0.1) is 11.7 Å². The Morgan fingerprint density at radius 1 is 1.32 bits per heavy atom. The summed E-state index contributed by atoms with van der Waals surface area (Å²) < 4.78 is 5.89. The molecule has 0 aromatic heterocycles. The molecule has 1 aliphatic rings. The van der Waals surface area contributed by atoms with Crippen LogP contribution in [0.5, 0.6) is 0 Å². The molecule has 0 radical (unpaired) electrons. The highest BCUT2D eigenvalue weighted by Crippen LogP contribution is 2.21. The maximum atomic E-state index is 12.1. The van der Waals surface area contributed by atoms with Crippen LogP contribution in [-0.2, 0) is 9.53 Å². The number of amides is 1. The molecular weight excluding hydrogens is 280 g/mol. The fraction of sp³-hybridized carbons (Fsp3) is 0.941. The van der Waals surface area contributed by atoms with Gasteiger partial charge in [-0.2, -0.15) is 0 Å². The number of hydrogen-bond acceptors (Lipinski definition) is 4. The lowest BCUT2D eigenvalue weighted by molar-refractivity contribution is -0.137. The third kappa shape index (κ3) is 8.11. The Kier molecular flexibility index (Phi) is 8.36. The van der Waals surface area contributed by atoms with E-state index in [1.54, 1.807) is 13.8 Å². The lowest BCUT2D eigenvalue weighted by Crippen LogP contribution is -2.46. The smallest absolute Gasteiger partial charge is 0.248 e. The maximum absolute atomic E-state index is 12.1. The van der Waals surface area contributed by atoms with Gasteiger partial charge < -0.3 is 20.1 Å². The first-order valence-corrected chi connectivity index (χ1v) is 8.60. The van der Waals surface area contributed by atoms with Crippen LogP contribution in [0.1, 0.15) is 58.8 Å². The van der Waals surface area contributed by atoms with E-state index in [2.05, 4.69) is 5.32 Å². The zero-order valence-electron chi connectivity index (χ0n) is 14.7. The molecule has 0 heterocycles. The highest BCUT2D eigenvalue weighted by molar-refractivity contribution is 5.80. The predicted molar refractivity (Wildman–Crippen MR) is 88.8 cm³/mol. The Balaban J connectivity index is 2.30. The predicted octanol–water partition coefficient (Wildman–Crippen LogP) is 1.93. The van der Waals surface area contributed by atoms with Gasteiger partial charge in [0.15, 0.2) is 0 Å². The number of carbonyl (C=O) groups excluding carboxylic acids is 1. The van der Waals surface area contributed by atoms with E-state index in [0.29, 0.717) is 6.42 Å². The Bertz CT molecular complexity index is 324. The standard InChI is InChI=1S/C17H34N2O3/c1-14(22-15-9-7-5-6-8-10-15)16(20)18-13-17(2,21)11-12-19(3)4/h14-15,21H,5-13H2,1-4H3,(H,18,20)/t14-,17+/m0/s1. The number of nitrogens with one attached hydrogen (secondary N) is 1. The van der Waals surface area contributed by atoms with Gasteiger partial charge >= 0.3 is 0 Å². The van der Waals surface area contributed by atoms with E-state index in [-0.39, 0.29) is 18.6 Å². The Hall–Kier alpha value is -0.650. The van der Waals surface area contributed by atoms with Crippen molar-refractivity contribution in [3.63, 3.8) is 0 Å². The number of hydrogen-bond donors (Lipinski definition) is 2.